The first-order valence-corrected chi connectivity index (χ1v) is 4.49. The maximum atomic E-state index is 3.74. The summed E-state index contributed by atoms with van der Waals surface area (Å²) in [6.07, 6.45) is 3.82. The fourth-order valence-electron chi connectivity index (χ4n) is 1.29. The van der Waals surface area contributed by atoms with Gasteiger partial charge in [-0.05, 0) is 17.7 Å². The van der Waals surface area contributed by atoms with E-state index >= 15 is 0 Å². The van der Waals surface area contributed by atoms with Gasteiger partial charge in [0.1, 0.15) is 0 Å². The molecule has 0 unspecified atom stereocenters. The molecule has 0 saturated heterocycles. The van der Waals surface area contributed by atoms with Gasteiger partial charge in [-0.2, -0.15) is 0 Å². The van der Waals surface area contributed by atoms with Crippen LogP contribution in [0.4, 0.5) is 0 Å². The number of H-pyrrole nitrogens is 1. The van der Waals surface area contributed by atoms with Gasteiger partial charge in [0.05, 0.1) is 0 Å². The number of nitrogens with one attached hydrogen (secondary N) is 1. The zero-order valence-electron chi connectivity index (χ0n) is 6.47. The van der Waals surface area contributed by atoms with E-state index in [9.17, 15) is 0 Å². The van der Waals surface area contributed by atoms with E-state index in [0.29, 0.717) is 0 Å². The molecule has 1 heterocycles. The highest BCUT2D eigenvalue weighted by Gasteiger charge is 1.99. The van der Waals surface area contributed by atoms with Crippen molar-refractivity contribution < 1.29 is 0 Å². The maximum absolute atomic E-state index is 3.74. The number of aromatic amines is 1. The molecule has 2 heteroatoms. The summed E-state index contributed by atoms with van der Waals surface area (Å²) in [4.78, 5) is 3.18. The second-order valence-corrected chi connectivity index (χ2v) is 3.55. The van der Waals surface area contributed by atoms with Crippen molar-refractivity contribution in [3.8, 4) is 0 Å². The van der Waals surface area contributed by atoms with Crippen molar-refractivity contribution in [2.75, 3.05) is 0 Å². The van der Waals surface area contributed by atoms with Crippen molar-refractivity contribution in [1.29, 1.82) is 0 Å². The van der Waals surface area contributed by atoms with Gasteiger partial charge in [-0.25, -0.2) is 0 Å². The SMILES string of the molecule is C=Cc1c[nH]c2cc(Br)ccc12. The Kier molecular flexibility index (Phi) is 1.77. The first-order chi connectivity index (χ1) is 5.81. The van der Waals surface area contributed by atoms with Crippen molar-refractivity contribution in [2.24, 2.45) is 0 Å². The van der Waals surface area contributed by atoms with Crippen LogP contribution in [0.2, 0.25) is 0 Å². The number of fused-ring (bicyclic) bond motifs is 1. The molecular formula is C10H8BrN. The summed E-state index contributed by atoms with van der Waals surface area (Å²) in [5.74, 6) is 0. The number of hydrogen-bond donors (Lipinski definition) is 1. The summed E-state index contributed by atoms with van der Waals surface area (Å²) in [6, 6.07) is 6.17. The van der Waals surface area contributed by atoms with Crippen molar-refractivity contribution in [3.05, 3.63) is 41.0 Å². The topological polar surface area (TPSA) is 15.8 Å². The lowest BCUT2D eigenvalue weighted by Gasteiger charge is -1.91. The molecular weight excluding hydrogens is 214 g/mol. The van der Waals surface area contributed by atoms with E-state index in [0.717, 1.165) is 15.6 Å². The lowest BCUT2D eigenvalue weighted by molar-refractivity contribution is 1.47. The van der Waals surface area contributed by atoms with E-state index in [2.05, 4.69) is 39.6 Å². The predicted octanol–water partition coefficient (Wildman–Crippen LogP) is 3.57. The largest absolute Gasteiger partial charge is 0.361 e. The van der Waals surface area contributed by atoms with Crippen LogP contribution in [-0.4, -0.2) is 4.98 Å². The van der Waals surface area contributed by atoms with Crippen LogP contribution >= 0.6 is 15.9 Å². The molecule has 0 atom stereocenters. The third-order valence-corrected chi connectivity index (χ3v) is 2.39. The summed E-state index contributed by atoms with van der Waals surface area (Å²) < 4.78 is 1.09. The predicted molar refractivity (Wildman–Crippen MR) is 56.1 cm³/mol. The van der Waals surface area contributed by atoms with Crippen molar-refractivity contribution in [3.63, 3.8) is 0 Å². The monoisotopic (exact) mass is 221 g/mol. The van der Waals surface area contributed by atoms with E-state index < -0.39 is 0 Å². The number of halogens is 1. The highest BCUT2D eigenvalue weighted by atomic mass is 79.9. The van der Waals surface area contributed by atoms with Crippen LogP contribution < -0.4 is 0 Å². The lowest BCUT2D eigenvalue weighted by atomic mass is 10.2. The Morgan fingerprint density at radius 3 is 3.00 bits per heavy atom. The Bertz CT molecular complexity index is 428. The molecule has 12 heavy (non-hydrogen) atoms. The summed E-state index contributed by atoms with van der Waals surface area (Å²) >= 11 is 3.42. The number of aromatic nitrogens is 1. The van der Waals surface area contributed by atoms with Crippen LogP contribution in [-0.2, 0) is 0 Å². The zero-order valence-corrected chi connectivity index (χ0v) is 8.06. The Balaban J connectivity index is 2.81. The van der Waals surface area contributed by atoms with Crippen LogP contribution in [0.1, 0.15) is 5.56 Å². The van der Waals surface area contributed by atoms with Gasteiger partial charge in [0.25, 0.3) is 0 Å². The molecule has 1 aromatic heterocycles. The average Bonchev–Trinajstić information content (AvgIpc) is 2.46. The molecule has 2 aromatic rings. The second-order valence-electron chi connectivity index (χ2n) is 2.64. The van der Waals surface area contributed by atoms with E-state index in [1.807, 2.05) is 18.3 Å². The molecule has 0 aliphatic carbocycles. The van der Waals surface area contributed by atoms with Crippen molar-refractivity contribution >= 4 is 32.9 Å². The molecule has 0 bridgehead atoms. The van der Waals surface area contributed by atoms with Crippen molar-refractivity contribution in [2.45, 2.75) is 0 Å². The van der Waals surface area contributed by atoms with Gasteiger partial charge in [0.15, 0.2) is 0 Å². The minimum atomic E-state index is 1.09. The van der Waals surface area contributed by atoms with Gasteiger partial charge < -0.3 is 4.98 Å². The van der Waals surface area contributed by atoms with Crippen LogP contribution in [0, 0.1) is 0 Å². The Hall–Kier alpha value is -1.02. The third-order valence-electron chi connectivity index (χ3n) is 1.90. The minimum absolute atomic E-state index is 1.09. The summed E-state index contributed by atoms with van der Waals surface area (Å²) in [5, 5.41) is 1.22. The van der Waals surface area contributed by atoms with E-state index in [-0.39, 0.29) is 0 Å². The van der Waals surface area contributed by atoms with Gasteiger partial charge >= 0.3 is 0 Å². The van der Waals surface area contributed by atoms with Gasteiger partial charge in [-0.15, -0.1) is 0 Å². The Morgan fingerprint density at radius 2 is 2.25 bits per heavy atom. The number of rotatable bonds is 1. The molecule has 2 rings (SSSR count). The fraction of sp³-hybridized carbons (Fsp3) is 0. The van der Waals surface area contributed by atoms with Crippen molar-refractivity contribution in [1.82, 2.24) is 4.98 Å². The first kappa shape index (κ1) is 7.62. The van der Waals surface area contributed by atoms with E-state index in [4.69, 9.17) is 0 Å². The molecule has 0 amide bonds. The Labute approximate surface area is 79.2 Å². The number of benzene rings is 1. The van der Waals surface area contributed by atoms with Crippen LogP contribution in [0.15, 0.2) is 35.4 Å². The molecule has 0 radical (unpaired) electrons. The van der Waals surface area contributed by atoms with Gasteiger partial charge in [-0.3, -0.25) is 0 Å². The highest BCUT2D eigenvalue weighted by molar-refractivity contribution is 9.10. The van der Waals surface area contributed by atoms with Crippen LogP contribution in [0.25, 0.3) is 17.0 Å². The third kappa shape index (κ3) is 1.08. The van der Waals surface area contributed by atoms with Crippen LogP contribution in [0.5, 0.6) is 0 Å². The highest BCUT2D eigenvalue weighted by Crippen LogP contribution is 2.22. The molecule has 0 aliphatic rings. The molecule has 0 spiro atoms. The average molecular weight is 222 g/mol. The van der Waals surface area contributed by atoms with Gasteiger partial charge in [-0.1, -0.05) is 34.7 Å². The number of hydrogen-bond acceptors (Lipinski definition) is 0. The first-order valence-electron chi connectivity index (χ1n) is 3.70. The Morgan fingerprint density at radius 1 is 1.42 bits per heavy atom. The standard InChI is InChI=1S/C10H8BrN/c1-2-7-6-12-10-5-8(11)3-4-9(7)10/h2-6,12H,1H2. The van der Waals surface area contributed by atoms with E-state index in [1.54, 1.807) is 0 Å². The summed E-state index contributed by atoms with van der Waals surface area (Å²) in [7, 11) is 0. The molecule has 60 valence electrons. The molecule has 0 saturated carbocycles. The molecule has 0 aliphatic heterocycles. The van der Waals surface area contributed by atoms with Gasteiger partial charge in [0.2, 0.25) is 0 Å². The second kappa shape index (κ2) is 2.79. The minimum Gasteiger partial charge on any atom is -0.361 e. The molecule has 0 fully saturated rings. The lowest BCUT2D eigenvalue weighted by Crippen LogP contribution is -1.68. The quantitative estimate of drug-likeness (QED) is 0.759. The normalized spacial score (nSPS) is 10.4. The fourth-order valence-corrected chi connectivity index (χ4v) is 1.65. The van der Waals surface area contributed by atoms with Gasteiger partial charge in [0, 0.05) is 21.6 Å². The zero-order chi connectivity index (χ0) is 8.55. The smallest absolute Gasteiger partial charge is 0.0471 e. The van der Waals surface area contributed by atoms with E-state index in [1.165, 1.54) is 5.39 Å². The van der Waals surface area contributed by atoms with Crippen LogP contribution in [0.3, 0.4) is 0 Å². The summed E-state index contributed by atoms with van der Waals surface area (Å²) in [6.45, 7) is 3.74. The summed E-state index contributed by atoms with van der Waals surface area (Å²) in [5.41, 5.74) is 2.29. The molecule has 1 nitrogen and oxygen atoms in total. The molecule has 1 N–H and O–H groups in total. The molecule has 1 aromatic carbocycles. The maximum Gasteiger partial charge on any atom is 0.0471 e.